The SMILES string of the molecule is Ic1ccc(N=Nc2c(Nc3ccccc3)ccc3ccccc23)cc1. The molecule has 3 nitrogen and oxygen atoms in total. The topological polar surface area (TPSA) is 36.8 Å². The standard InChI is InChI=1S/C22H16IN3/c23-17-11-13-19(14-12-17)25-26-22-20-9-5-4-6-16(20)10-15-21(22)24-18-7-2-1-3-8-18/h1-15,24H. The minimum Gasteiger partial charge on any atom is -0.354 e. The van der Waals surface area contributed by atoms with Crippen molar-refractivity contribution < 1.29 is 0 Å². The van der Waals surface area contributed by atoms with Gasteiger partial charge in [-0.2, -0.15) is 5.11 Å². The van der Waals surface area contributed by atoms with Gasteiger partial charge in [-0.1, -0.05) is 48.5 Å². The molecule has 0 unspecified atom stereocenters. The number of anilines is 2. The Balaban J connectivity index is 1.79. The number of para-hydroxylation sites is 1. The first-order valence-electron chi connectivity index (χ1n) is 8.31. The Hall–Kier alpha value is -2.73. The zero-order chi connectivity index (χ0) is 17.8. The van der Waals surface area contributed by atoms with Crippen LogP contribution >= 0.6 is 22.6 Å². The summed E-state index contributed by atoms with van der Waals surface area (Å²) in [6.45, 7) is 0. The second kappa shape index (κ2) is 7.66. The van der Waals surface area contributed by atoms with E-state index in [2.05, 4.69) is 62.4 Å². The third-order valence-electron chi connectivity index (χ3n) is 4.05. The molecule has 1 N–H and O–H groups in total. The first-order valence-corrected chi connectivity index (χ1v) is 9.39. The van der Waals surface area contributed by atoms with Crippen LogP contribution in [0, 0.1) is 3.57 Å². The van der Waals surface area contributed by atoms with Gasteiger partial charge in [-0.05, 0) is 70.4 Å². The molecule has 26 heavy (non-hydrogen) atoms. The molecule has 0 saturated carbocycles. The summed E-state index contributed by atoms with van der Waals surface area (Å²) >= 11 is 2.28. The zero-order valence-corrected chi connectivity index (χ0v) is 16.1. The van der Waals surface area contributed by atoms with E-state index in [4.69, 9.17) is 0 Å². The lowest BCUT2D eigenvalue weighted by Gasteiger charge is -2.11. The monoisotopic (exact) mass is 449 g/mol. The average molecular weight is 449 g/mol. The summed E-state index contributed by atoms with van der Waals surface area (Å²) in [4.78, 5) is 0. The molecule has 0 aliphatic carbocycles. The van der Waals surface area contributed by atoms with Gasteiger partial charge in [0, 0.05) is 14.6 Å². The third-order valence-corrected chi connectivity index (χ3v) is 4.76. The number of fused-ring (bicyclic) bond motifs is 1. The van der Waals surface area contributed by atoms with Crippen molar-refractivity contribution in [2.24, 2.45) is 10.2 Å². The molecule has 0 bridgehead atoms. The van der Waals surface area contributed by atoms with Gasteiger partial charge in [-0.15, -0.1) is 5.11 Å². The Morgan fingerprint density at radius 2 is 1.38 bits per heavy atom. The summed E-state index contributed by atoms with van der Waals surface area (Å²) < 4.78 is 1.18. The number of nitrogens with one attached hydrogen (secondary N) is 1. The molecule has 0 atom stereocenters. The van der Waals surface area contributed by atoms with Gasteiger partial charge in [0.05, 0.1) is 11.4 Å². The van der Waals surface area contributed by atoms with E-state index in [1.54, 1.807) is 0 Å². The van der Waals surface area contributed by atoms with Crippen molar-refractivity contribution in [1.29, 1.82) is 0 Å². The van der Waals surface area contributed by atoms with Gasteiger partial charge in [0.1, 0.15) is 5.69 Å². The fourth-order valence-corrected chi connectivity index (χ4v) is 3.12. The fraction of sp³-hybridized carbons (Fsp3) is 0. The number of azo groups is 1. The third kappa shape index (κ3) is 3.75. The Labute approximate surface area is 165 Å². The number of hydrogen-bond donors (Lipinski definition) is 1. The number of hydrogen-bond acceptors (Lipinski definition) is 3. The Morgan fingerprint density at radius 3 is 2.19 bits per heavy atom. The van der Waals surface area contributed by atoms with E-state index in [-0.39, 0.29) is 0 Å². The van der Waals surface area contributed by atoms with E-state index in [0.29, 0.717) is 0 Å². The molecule has 0 heterocycles. The van der Waals surface area contributed by atoms with Gasteiger partial charge >= 0.3 is 0 Å². The molecule has 4 aromatic carbocycles. The minimum atomic E-state index is 0.837. The van der Waals surface area contributed by atoms with E-state index < -0.39 is 0 Å². The van der Waals surface area contributed by atoms with Gasteiger partial charge in [0.15, 0.2) is 0 Å². The van der Waals surface area contributed by atoms with Crippen LogP contribution in [0.25, 0.3) is 10.8 Å². The molecule has 0 saturated heterocycles. The van der Waals surface area contributed by atoms with Crippen molar-refractivity contribution in [3.8, 4) is 0 Å². The second-order valence-corrected chi connectivity index (χ2v) is 7.10. The summed E-state index contributed by atoms with van der Waals surface area (Å²) in [5.74, 6) is 0. The lowest BCUT2D eigenvalue weighted by molar-refractivity contribution is 1.24. The molecule has 4 rings (SSSR count). The molecular weight excluding hydrogens is 433 g/mol. The molecule has 0 amide bonds. The largest absolute Gasteiger partial charge is 0.354 e. The van der Waals surface area contributed by atoms with Crippen molar-refractivity contribution >= 4 is 56.1 Å². The fourth-order valence-electron chi connectivity index (χ4n) is 2.76. The highest BCUT2D eigenvalue weighted by Gasteiger charge is 2.08. The van der Waals surface area contributed by atoms with E-state index in [9.17, 15) is 0 Å². The van der Waals surface area contributed by atoms with Crippen molar-refractivity contribution in [2.75, 3.05) is 5.32 Å². The smallest absolute Gasteiger partial charge is 0.117 e. The summed E-state index contributed by atoms with van der Waals surface area (Å²) in [5, 5.41) is 14.7. The van der Waals surface area contributed by atoms with E-state index in [0.717, 1.165) is 33.5 Å². The number of rotatable bonds is 4. The Kier molecular flexibility index (Phi) is 4.93. The molecule has 0 fully saturated rings. The van der Waals surface area contributed by atoms with E-state index in [1.807, 2.05) is 66.7 Å². The zero-order valence-electron chi connectivity index (χ0n) is 13.9. The summed E-state index contributed by atoms with van der Waals surface area (Å²) in [6, 6.07) is 30.5. The Bertz CT molecular complexity index is 1060. The van der Waals surface area contributed by atoms with Crippen LogP contribution in [0.3, 0.4) is 0 Å². The number of halogens is 1. The van der Waals surface area contributed by atoms with Gasteiger partial charge in [0.2, 0.25) is 0 Å². The van der Waals surface area contributed by atoms with Gasteiger partial charge in [0.25, 0.3) is 0 Å². The van der Waals surface area contributed by atoms with Gasteiger partial charge in [-0.3, -0.25) is 0 Å². The number of nitrogens with zero attached hydrogens (tertiary/aromatic N) is 2. The Morgan fingerprint density at radius 1 is 0.654 bits per heavy atom. The molecule has 126 valence electrons. The van der Waals surface area contributed by atoms with Gasteiger partial charge in [-0.25, -0.2) is 0 Å². The molecule has 0 spiro atoms. The maximum absolute atomic E-state index is 4.59. The molecule has 4 heteroatoms. The molecule has 0 aromatic heterocycles. The highest BCUT2D eigenvalue weighted by Crippen LogP contribution is 2.36. The van der Waals surface area contributed by atoms with Crippen LogP contribution in [-0.4, -0.2) is 0 Å². The van der Waals surface area contributed by atoms with Crippen LogP contribution in [0.4, 0.5) is 22.7 Å². The highest BCUT2D eigenvalue weighted by atomic mass is 127. The molecule has 4 aromatic rings. The van der Waals surface area contributed by atoms with Crippen LogP contribution in [0.15, 0.2) is 101 Å². The maximum Gasteiger partial charge on any atom is 0.117 e. The summed E-state index contributed by atoms with van der Waals surface area (Å²) in [5.41, 5.74) is 3.63. The quantitative estimate of drug-likeness (QED) is 0.253. The average Bonchev–Trinajstić information content (AvgIpc) is 2.69. The predicted octanol–water partition coefficient (Wildman–Crippen LogP) is 7.60. The normalized spacial score (nSPS) is 11.1. The van der Waals surface area contributed by atoms with Crippen LogP contribution < -0.4 is 5.32 Å². The summed E-state index contributed by atoms with van der Waals surface area (Å²) in [7, 11) is 0. The molecule has 0 radical (unpaired) electrons. The van der Waals surface area contributed by atoms with Crippen molar-refractivity contribution in [3.63, 3.8) is 0 Å². The second-order valence-electron chi connectivity index (χ2n) is 5.85. The molecular formula is C22H16IN3. The van der Waals surface area contributed by atoms with Crippen molar-refractivity contribution in [3.05, 3.63) is 94.6 Å². The first kappa shape index (κ1) is 16.7. The molecule has 0 aliphatic heterocycles. The highest BCUT2D eigenvalue weighted by molar-refractivity contribution is 14.1. The van der Waals surface area contributed by atoms with Crippen molar-refractivity contribution in [2.45, 2.75) is 0 Å². The maximum atomic E-state index is 4.59. The summed E-state index contributed by atoms with van der Waals surface area (Å²) in [6.07, 6.45) is 0. The van der Waals surface area contributed by atoms with Gasteiger partial charge < -0.3 is 5.32 Å². The lowest BCUT2D eigenvalue weighted by atomic mass is 10.1. The molecule has 0 aliphatic rings. The first-order chi connectivity index (χ1) is 12.8. The number of benzene rings is 4. The van der Waals surface area contributed by atoms with E-state index in [1.165, 1.54) is 3.57 Å². The van der Waals surface area contributed by atoms with Crippen LogP contribution in [-0.2, 0) is 0 Å². The van der Waals surface area contributed by atoms with Crippen LogP contribution in [0.2, 0.25) is 0 Å². The van der Waals surface area contributed by atoms with Crippen molar-refractivity contribution in [1.82, 2.24) is 0 Å². The van der Waals surface area contributed by atoms with Crippen LogP contribution in [0.1, 0.15) is 0 Å². The minimum absolute atomic E-state index is 0.837. The van der Waals surface area contributed by atoms with E-state index >= 15 is 0 Å². The van der Waals surface area contributed by atoms with Crippen LogP contribution in [0.5, 0.6) is 0 Å². The lowest BCUT2D eigenvalue weighted by Crippen LogP contribution is -1.90. The predicted molar refractivity (Wildman–Crippen MR) is 117 cm³/mol.